The smallest absolute Gasteiger partial charge is 0.223 e. The third-order valence-electron chi connectivity index (χ3n) is 5.31. The monoisotopic (exact) mass is 334 g/mol. The summed E-state index contributed by atoms with van der Waals surface area (Å²) in [5.74, 6) is 0.845. The van der Waals surface area contributed by atoms with Gasteiger partial charge >= 0.3 is 0 Å². The fourth-order valence-electron chi connectivity index (χ4n) is 3.57. The molecule has 0 unspecified atom stereocenters. The van der Waals surface area contributed by atoms with Crippen molar-refractivity contribution in [1.82, 2.24) is 10.2 Å². The molecule has 4 nitrogen and oxygen atoms in total. The van der Waals surface area contributed by atoms with Crippen LogP contribution in [-0.4, -0.2) is 50.7 Å². The van der Waals surface area contributed by atoms with Crippen LogP contribution < -0.4 is 5.32 Å². The molecule has 0 bridgehead atoms. The summed E-state index contributed by atoms with van der Waals surface area (Å²) in [7, 11) is 1.74. The van der Waals surface area contributed by atoms with E-state index in [0.717, 1.165) is 57.6 Å². The number of ether oxygens (including phenoxy) is 1. The Morgan fingerprint density at radius 2 is 2.00 bits per heavy atom. The van der Waals surface area contributed by atoms with Crippen molar-refractivity contribution < 1.29 is 13.9 Å². The third kappa shape index (κ3) is 4.54. The van der Waals surface area contributed by atoms with Gasteiger partial charge in [0.1, 0.15) is 5.82 Å². The minimum absolute atomic E-state index is 0.0669. The van der Waals surface area contributed by atoms with Gasteiger partial charge in [0.25, 0.3) is 0 Å². The molecule has 5 heteroatoms. The molecule has 2 aliphatic rings. The molecule has 132 valence electrons. The van der Waals surface area contributed by atoms with E-state index in [1.165, 1.54) is 12.1 Å². The first kappa shape index (κ1) is 17.4. The normalized spacial score (nSPS) is 24.8. The highest BCUT2D eigenvalue weighted by atomic mass is 19.1. The van der Waals surface area contributed by atoms with Crippen LogP contribution in [0.1, 0.15) is 30.7 Å². The van der Waals surface area contributed by atoms with Crippen LogP contribution in [-0.2, 0) is 9.53 Å². The Kier molecular flexibility index (Phi) is 5.85. The van der Waals surface area contributed by atoms with E-state index in [2.05, 4.69) is 10.2 Å². The molecule has 1 aromatic carbocycles. The third-order valence-corrected chi connectivity index (χ3v) is 5.31. The van der Waals surface area contributed by atoms with Gasteiger partial charge in [0, 0.05) is 26.1 Å². The van der Waals surface area contributed by atoms with Crippen LogP contribution in [0.2, 0.25) is 0 Å². The van der Waals surface area contributed by atoms with E-state index < -0.39 is 0 Å². The number of carbonyl (C=O) groups is 1. The first-order valence-corrected chi connectivity index (χ1v) is 8.92. The van der Waals surface area contributed by atoms with E-state index in [0.29, 0.717) is 5.92 Å². The molecule has 1 saturated carbocycles. The lowest BCUT2D eigenvalue weighted by Crippen LogP contribution is -2.40. The maximum atomic E-state index is 13.0. The van der Waals surface area contributed by atoms with Gasteiger partial charge in [0.05, 0.1) is 6.61 Å². The highest BCUT2D eigenvalue weighted by molar-refractivity contribution is 5.82. The van der Waals surface area contributed by atoms with Gasteiger partial charge in [-0.3, -0.25) is 4.79 Å². The Bertz CT molecular complexity index is 541. The summed E-state index contributed by atoms with van der Waals surface area (Å²) in [6.45, 7) is 4.74. The van der Waals surface area contributed by atoms with Crippen LogP contribution in [0.3, 0.4) is 0 Å². The van der Waals surface area contributed by atoms with Gasteiger partial charge in [-0.1, -0.05) is 12.1 Å². The molecule has 2 fully saturated rings. The minimum atomic E-state index is -0.225. The number of piperidine rings is 1. The number of nitrogens with one attached hydrogen (secondary N) is 1. The van der Waals surface area contributed by atoms with Crippen molar-refractivity contribution in [3.63, 3.8) is 0 Å². The largest absolute Gasteiger partial charge is 0.383 e. The molecule has 1 saturated heterocycles. The molecule has 24 heavy (non-hydrogen) atoms. The Balaban J connectivity index is 1.36. The maximum Gasteiger partial charge on any atom is 0.223 e. The quantitative estimate of drug-likeness (QED) is 0.832. The van der Waals surface area contributed by atoms with E-state index in [-0.39, 0.29) is 23.6 Å². The molecule has 1 aromatic rings. The molecule has 3 rings (SSSR count). The van der Waals surface area contributed by atoms with Crippen LogP contribution >= 0.6 is 0 Å². The summed E-state index contributed by atoms with van der Waals surface area (Å²) in [5, 5.41) is 3.13. The van der Waals surface area contributed by atoms with Crippen molar-refractivity contribution in [2.75, 3.05) is 39.9 Å². The number of halogens is 1. The Labute approximate surface area is 143 Å². The molecule has 0 spiro atoms. The van der Waals surface area contributed by atoms with E-state index in [4.69, 9.17) is 4.74 Å². The average Bonchev–Trinajstić information content (AvgIpc) is 3.40. The number of carbonyl (C=O) groups excluding carboxylic acids is 1. The van der Waals surface area contributed by atoms with E-state index in [1.807, 2.05) is 0 Å². The maximum absolute atomic E-state index is 13.0. The molecule has 1 heterocycles. The number of rotatable bonds is 7. The van der Waals surface area contributed by atoms with Crippen LogP contribution in [0.5, 0.6) is 0 Å². The predicted molar refractivity (Wildman–Crippen MR) is 91.3 cm³/mol. The molecule has 1 aliphatic heterocycles. The van der Waals surface area contributed by atoms with Crippen LogP contribution in [0, 0.1) is 17.7 Å². The summed E-state index contributed by atoms with van der Waals surface area (Å²) in [6, 6.07) is 6.53. The van der Waals surface area contributed by atoms with Crippen LogP contribution in [0.4, 0.5) is 4.39 Å². The van der Waals surface area contributed by atoms with Gasteiger partial charge < -0.3 is 15.0 Å². The fourth-order valence-corrected chi connectivity index (χ4v) is 3.57. The lowest BCUT2D eigenvalue weighted by atomic mass is 9.96. The molecule has 0 radical (unpaired) electrons. The highest BCUT2D eigenvalue weighted by Gasteiger charge is 2.43. The zero-order valence-corrected chi connectivity index (χ0v) is 14.3. The second-order valence-electron chi connectivity index (χ2n) is 7.02. The van der Waals surface area contributed by atoms with Crippen molar-refractivity contribution in [2.24, 2.45) is 11.8 Å². The van der Waals surface area contributed by atoms with Crippen LogP contribution in [0.25, 0.3) is 0 Å². The van der Waals surface area contributed by atoms with E-state index in [9.17, 15) is 9.18 Å². The summed E-state index contributed by atoms with van der Waals surface area (Å²) >= 11 is 0. The molecular weight excluding hydrogens is 307 g/mol. The lowest BCUT2D eigenvalue weighted by Gasteiger charge is -2.31. The van der Waals surface area contributed by atoms with Gasteiger partial charge in [-0.2, -0.15) is 0 Å². The van der Waals surface area contributed by atoms with E-state index in [1.54, 1.807) is 19.2 Å². The SMILES string of the molecule is COCCN1CCC(CNC(=O)[C@@H]2C[C@@H]2c2ccc(F)cc2)CC1. The highest BCUT2D eigenvalue weighted by Crippen LogP contribution is 2.47. The number of methoxy groups -OCH3 is 1. The molecule has 0 aromatic heterocycles. The second kappa shape index (κ2) is 8.08. The summed E-state index contributed by atoms with van der Waals surface area (Å²) < 4.78 is 18.1. The Morgan fingerprint density at radius 1 is 1.29 bits per heavy atom. The number of likely N-dealkylation sites (tertiary alicyclic amines) is 1. The standard InChI is InChI=1S/C19H27FN2O2/c1-24-11-10-22-8-6-14(7-9-22)13-21-19(23)18-12-17(18)15-2-4-16(20)5-3-15/h2-5,14,17-18H,6-13H2,1H3,(H,21,23)/t17-,18-/m1/s1. The van der Waals surface area contributed by atoms with Crippen molar-refractivity contribution >= 4 is 5.91 Å². The van der Waals surface area contributed by atoms with Crippen molar-refractivity contribution in [3.05, 3.63) is 35.6 Å². The van der Waals surface area contributed by atoms with Crippen molar-refractivity contribution in [2.45, 2.75) is 25.2 Å². The predicted octanol–water partition coefficient (Wildman–Crippen LogP) is 2.40. The topological polar surface area (TPSA) is 41.6 Å². The van der Waals surface area contributed by atoms with Gasteiger partial charge in [0.15, 0.2) is 0 Å². The van der Waals surface area contributed by atoms with Gasteiger partial charge in [-0.15, -0.1) is 0 Å². The molecule has 1 N–H and O–H groups in total. The second-order valence-corrected chi connectivity index (χ2v) is 7.02. The van der Waals surface area contributed by atoms with Crippen LogP contribution in [0.15, 0.2) is 24.3 Å². The van der Waals surface area contributed by atoms with E-state index >= 15 is 0 Å². The number of nitrogens with zero attached hydrogens (tertiary/aromatic N) is 1. The zero-order valence-electron chi connectivity index (χ0n) is 14.3. The number of benzene rings is 1. The molecule has 1 aliphatic carbocycles. The fraction of sp³-hybridized carbons (Fsp3) is 0.632. The molecule has 2 atom stereocenters. The summed E-state index contributed by atoms with van der Waals surface area (Å²) in [4.78, 5) is 14.7. The van der Waals surface area contributed by atoms with Crippen molar-refractivity contribution in [3.8, 4) is 0 Å². The zero-order chi connectivity index (χ0) is 16.9. The summed E-state index contributed by atoms with van der Waals surface area (Å²) in [6.07, 6.45) is 3.15. The van der Waals surface area contributed by atoms with Gasteiger partial charge in [-0.25, -0.2) is 4.39 Å². The van der Waals surface area contributed by atoms with Gasteiger partial charge in [-0.05, 0) is 61.9 Å². The first-order valence-electron chi connectivity index (χ1n) is 8.92. The number of amides is 1. The molecular formula is C19H27FN2O2. The van der Waals surface area contributed by atoms with Gasteiger partial charge in [0.2, 0.25) is 5.91 Å². The number of hydrogen-bond donors (Lipinski definition) is 1. The minimum Gasteiger partial charge on any atom is -0.383 e. The Morgan fingerprint density at radius 3 is 2.67 bits per heavy atom. The Hall–Kier alpha value is -1.46. The summed E-state index contributed by atoms with van der Waals surface area (Å²) in [5.41, 5.74) is 1.07. The molecule has 1 amide bonds. The lowest BCUT2D eigenvalue weighted by molar-refractivity contribution is -0.122. The number of hydrogen-bond acceptors (Lipinski definition) is 3. The first-order chi connectivity index (χ1) is 11.7. The average molecular weight is 334 g/mol. The van der Waals surface area contributed by atoms with Crippen molar-refractivity contribution in [1.29, 1.82) is 0 Å².